The smallest absolute Gasteiger partial charge is 0.131 e. The van der Waals surface area contributed by atoms with Crippen LogP contribution in [0.25, 0.3) is 0 Å². The minimum Gasteiger partial charge on any atom is -0.207 e. The fraction of sp³-hybridized carbons (Fsp3) is 0.125. The molecule has 1 aromatic carbocycles. The molecular weight excluding hydrogens is 184 g/mol. The molecule has 0 fully saturated rings. The fourth-order valence-corrected chi connectivity index (χ4v) is 1.08. The lowest BCUT2D eigenvalue weighted by Gasteiger charge is -2.00. The van der Waals surface area contributed by atoms with Crippen molar-refractivity contribution in [3.8, 4) is 6.07 Å². The molecule has 0 radical (unpaired) electrons. The van der Waals surface area contributed by atoms with Crippen LogP contribution in [-0.4, -0.2) is 0 Å². The van der Waals surface area contributed by atoms with Crippen molar-refractivity contribution in [2.24, 2.45) is 0 Å². The van der Waals surface area contributed by atoms with Gasteiger partial charge < -0.3 is 0 Å². The predicted octanol–water partition coefficient (Wildman–Crippen LogP) is 2.68. The SMILES string of the molecule is N#CCc1c(F)cc(F)cc1Cl. The highest BCUT2D eigenvalue weighted by atomic mass is 35.5. The Kier molecular flexibility index (Phi) is 2.61. The Balaban J connectivity index is 3.21. The lowest BCUT2D eigenvalue weighted by molar-refractivity contribution is 0.575. The van der Waals surface area contributed by atoms with E-state index in [1.807, 2.05) is 0 Å². The summed E-state index contributed by atoms with van der Waals surface area (Å²) in [5, 5.41) is 8.22. The summed E-state index contributed by atoms with van der Waals surface area (Å²) in [4.78, 5) is 0. The van der Waals surface area contributed by atoms with Crippen molar-refractivity contribution in [3.05, 3.63) is 34.4 Å². The predicted molar refractivity (Wildman–Crippen MR) is 40.7 cm³/mol. The van der Waals surface area contributed by atoms with Crippen LogP contribution >= 0.6 is 11.6 Å². The fourth-order valence-electron chi connectivity index (χ4n) is 0.820. The van der Waals surface area contributed by atoms with Gasteiger partial charge in [0.25, 0.3) is 0 Å². The summed E-state index contributed by atoms with van der Waals surface area (Å²) in [6.45, 7) is 0. The number of hydrogen-bond acceptors (Lipinski definition) is 1. The van der Waals surface area contributed by atoms with E-state index in [-0.39, 0.29) is 17.0 Å². The average molecular weight is 188 g/mol. The van der Waals surface area contributed by atoms with Gasteiger partial charge in [-0.3, -0.25) is 0 Å². The molecule has 0 amide bonds. The highest BCUT2D eigenvalue weighted by molar-refractivity contribution is 6.31. The maximum Gasteiger partial charge on any atom is 0.131 e. The van der Waals surface area contributed by atoms with E-state index in [4.69, 9.17) is 16.9 Å². The zero-order valence-corrected chi connectivity index (χ0v) is 6.70. The van der Waals surface area contributed by atoms with Gasteiger partial charge >= 0.3 is 0 Å². The molecule has 0 aliphatic heterocycles. The van der Waals surface area contributed by atoms with Crippen LogP contribution < -0.4 is 0 Å². The van der Waals surface area contributed by atoms with Gasteiger partial charge in [0.2, 0.25) is 0 Å². The van der Waals surface area contributed by atoms with E-state index in [2.05, 4.69) is 0 Å². The van der Waals surface area contributed by atoms with Crippen molar-refractivity contribution < 1.29 is 8.78 Å². The summed E-state index contributed by atoms with van der Waals surface area (Å²) >= 11 is 5.48. The van der Waals surface area contributed by atoms with Crippen LogP contribution in [0.3, 0.4) is 0 Å². The molecule has 0 atom stereocenters. The highest BCUT2D eigenvalue weighted by Crippen LogP contribution is 2.20. The highest BCUT2D eigenvalue weighted by Gasteiger charge is 2.08. The minimum absolute atomic E-state index is 0.0422. The standard InChI is InChI=1S/C8H4ClF2N/c9-7-3-5(10)4-8(11)6(7)1-2-12/h3-4H,1H2. The Labute approximate surface area is 73.2 Å². The van der Waals surface area contributed by atoms with E-state index in [0.717, 1.165) is 6.07 Å². The van der Waals surface area contributed by atoms with Crippen LogP contribution in [0.15, 0.2) is 12.1 Å². The molecule has 0 bridgehead atoms. The normalized spacial score (nSPS) is 9.50. The maximum atomic E-state index is 12.8. The van der Waals surface area contributed by atoms with Crippen molar-refractivity contribution in [1.29, 1.82) is 5.26 Å². The van der Waals surface area contributed by atoms with Gasteiger partial charge in [-0.25, -0.2) is 8.78 Å². The molecule has 0 heterocycles. The van der Waals surface area contributed by atoms with Crippen LogP contribution in [0.1, 0.15) is 5.56 Å². The average Bonchev–Trinajstić information content (AvgIpc) is 1.96. The summed E-state index contributed by atoms with van der Waals surface area (Å²) in [5.74, 6) is -1.51. The lowest BCUT2D eigenvalue weighted by atomic mass is 10.1. The van der Waals surface area contributed by atoms with E-state index in [1.54, 1.807) is 6.07 Å². The minimum atomic E-state index is -0.776. The third kappa shape index (κ3) is 1.72. The van der Waals surface area contributed by atoms with Gasteiger partial charge in [0, 0.05) is 11.6 Å². The third-order valence-corrected chi connectivity index (χ3v) is 1.70. The van der Waals surface area contributed by atoms with Gasteiger partial charge in [0.05, 0.1) is 17.5 Å². The molecule has 62 valence electrons. The van der Waals surface area contributed by atoms with Gasteiger partial charge in [-0.15, -0.1) is 0 Å². The first-order valence-electron chi connectivity index (χ1n) is 3.15. The molecule has 0 saturated carbocycles. The maximum absolute atomic E-state index is 12.8. The summed E-state index contributed by atoms with van der Waals surface area (Å²) in [6, 6.07) is 3.43. The van der Waals surface area contributed by atoms with Crippen LogP contribution in [0.2, 0.25) is 5.02 Å². The molecule has 1 aromatic rings. The number of benzene rings is 1. The summed E-state index contributed by atoms with van der Waals surface area (Å²) in [7, 11) is 0. The Morgan fingerprint density at radius 1 is 1.42 bits per heavy atom. The van der Waals surface area contributed by atoms with Crippen molar-refractivity contribution in [3.63, 3.8) is 0 Å². The van der Waals surface area contributed by atoms with Gasteiger partial charge in [-0.05, 0) is 6.07 Å². The Morgan fingerprint density at radius 2 is 2.08 bits per heavy atom. The molecule has 4 heteroatoms. The van der Waals surface area contributed by atoms with Crippen molar-refractivity contribution in [2.75, 3.05) is 0 Å². The largest absolute Gasteiger partial charge is 0.207 e. The van der Waals surface area contributed by atoms with Crippen LogP contribution in [0, 0.1) is 23.0 Å². The quantitative estimate of drug-likeness (QED) is 0.663. The van der Waals surface area contributed by atoms with E-state index < -0.39 is 11.6 Å². The number of halogens is 3. The molecule has 0 spiro atoms. The summed E-state index contributed by atoms with van der Waals surface area (Å²) < 4.78 is 25.3. The van der Waals surface area contributed by atoms with Gasteiger partial charge in [-0.1, -0.05) is 11.6 Å². The van der Waals surface area contributed by atoms with Gasteiger partial charge in [0.15, 0.2) is 0 Å². The second-order valence-corrected chi connectivity index (χ2v) is 2.59. The molecule has 1 rings (SSSR count). The number of nitrogens with zero attached hydrogens (tertiary/aromatic N) is 1. The first kappa shape index (κ1) is 8.95. The number of rotatable bonds is 1. The van der Waals surface area contributed by atoms with Gasteiger partial charge in [0.1, 0.15) is 11.6 Å². The lowest BCUT2D eigenvalue weighted by Crippen LogP contribution is -1.91. The summed E-state index contributed by atoms with van der Waals surface area (Å²) in [5.41, 5.74) is 0.0422. The molecule has 12 heavy (non-hydrogen) atoms. The van der Waals surface area contributed by atoms with Crippen LogP contribution in [-0.2, 0) is 6.42 Å². The first-order chi connectivity index (χ1) is 5.65. The molecule has 1 nitrogen and oxygen atoms in total. The molecule has 0 unspecified atom stereocenters. The van der Waals surface area contributed by atoms with E-state index in [1.165, 1.54) is 0 Å². The van der Waals surface area contributed by atoms with Crippen molar-refractivity contribution >= 4 is 11.6 Å². The van der Waals surface area contributed by atoms with Crippen LogP contribution in [0.4, 0.5) is 8.78 Å². The Hall–Kier alpha value is -1.14. The number of nitriles is 1. The number of hydrogen-bond donors (Lipinski definition) is 0. The topological polar surface area (TPSA) is 23.8 Å². The van der Waals surface area contributed by atoms with Crippen molar-refractivity contribution in [2.45, 2.75) is 6.42 Å². The zero-order valence-electron chi connectivity index (χ0n) is 5.94. The van der Waals surface area contributed by atoms with Crippen LogP contribution in [0.5, 0.6) is 0 Å². The molecule has 0 N–H and O–H groups in total. The zero-order chi connectivity index (χ0) is 9.14. The molecular formula is C8H4ClF2N. The first-order valence-corrected chi connectivity index (χ1v) is 3.53. The molecule has 0 aliphatic rings. The van der Waals surface area contributed by atoms with Gasteiger partial charge in [-0.2, -0.15) is 5.26 Å². The third-order valence-electron chi connectivity index (χ3n) is 1.36. The molecule has 0 saturated heterocycles. The second-order valence-electron chi connectivity index (χ2n) is 2.18. The van der Waals surface area contributed by atoms with E-state index in [0.29, 0.717) is 6.07 Å². The molecule has 0 aliphatic carbocycles. The second kappa shape index (κ2) is 3.51. The summed E-state index contributed by atoms with van der Waals surface area (Å²) in [6.07, 6.45) is -0.148. The van der Waals surface area contributed by atoms with E-state index >= 15 is 0 Å². The van der Waals surface area contributed by atoms with E-state index in [9.17, 15) is 8.78 Å². The molecule has 0 aromatic heterocycles. The monoisotopic (exact) mass is 187 g/mol. The van der Waals surface area contributed by atoms with Crippen molar-refractivity contribution in [1.82, 2.24) is 0 Å². The Bertz CT molecular complexity index is 320. The Morgan fingerprint density at radius 3 is 2.58 bits per heavy atom.